The lowest BCUT2D eigenvalue weighted by atomic mass is 9.90. The maximum absolute atomic E-state index is 12.3. The van der Waals surface area contributed by atoms with Crippen LogP contribution in [-0.4, -0.2) is 29.9 Å². The summed E-state index contributed by atoms with van der Waals surface area (Å²) in [7, 11) is 4.53. The molecule has 1 saturated carbocycles. The Balaban J connectivity index is 2.02. The normalized spacial score (nSPS) is 23.7. The molecule has 1 aromatic rings. The summed E-state index contributed by atoms with van der Waals surface area (Å²) >= 11 is 0. The second kappa shape index (κ2) is 5.81. The van der Waals surface area contributed by atoms with Crippen LogP contribution in [0.5, 0.6) is 0 Å². The summed E-state index contributed by atoms with van der Waals surface area (Å²) < 4.78 is 0. The Kier molecular flexibility index (Phi) is 4.36. The van der Waals surface area contributed by atoms with E-state index in [-0.39, 0.29) is 5.91 Å². The summed E-state index contributed by atoms with van der Waals surface area (Å²) in [6.07, 6.45) is 4.08. The second-order valence-electron chi connectivity index (χ2n) is 5.11. The number of nitrogens with zero attached hydrogens (tertiary/aromatic N) is 1. The lowest BCUT2D eigenvalue weighted by molar-refractivity contribution is 0.0690. The van der Waals surface area contributed by atoms with Crippen molar-refractivity contribution in [3.8, 4) is 0 Å². The standard InChI is InChI=1S/C14H21N2OP/c1-16(12-6-4-11(15)5-7-12)14(17)10-2-8-13(18)9-3-10/h2-3,8-9,11-12H,4-7,15,18H2,1H3. The van der Waals surface area contributed by atoms with E-state index in [9.17, 15) is 4.79 Å². The minimum absolute atomic E-state index is 0.112. The van der Waals surface area contributed by atoms with Crippen LogP contribution in [0.4, 0.5) is 0 Å². The van der Waals surface area contributed by atoms with Gasteiger partial charge in [0, 0.05) is 24.7 Å². The summed E-state index contributed by atoms with van der Waals surface area (Å²) in [6.45, 7) is 0. The molecule has 1 aliphatic carbocycles. The Bertz CT molecular complexity index is 410. The van der Waals surface area contributed by atoms with E-state index in [0.29, 0.717) is 12.1 Å². The molecule has 1 aromatic carbocycles. The maximum atomic E-state index is 12.3. The van der Waals surface area contributed by atoms with Crippen molar-refractivity contribution in [1.29, 1.82) is 0 Å². The molecular weight excluding hydrogens is 243 g/mol. The van der Waals surface area contributed by atoms with Crippen molar-refractivity contribution < 1.29 is 4.79 Å². The van der Waals surface area contributed by atoms with Gasteiger partial charge >= 0.3 is 0 Å². The van der Waals surface area contributed by atoms with E-state index in [2.05, 4.69) is 9.24 Å². The third-order valence-corrected chi connectivity index (χ3v) is 4.15. The molecule has 1 amide bonds. The van der Waals surface area contributed by atoms with E-state index in [1.807, 2.05) is 36.2 Å². The quantitative estimate of drug-likeness (QED) is 0.823. The highest BCUT2D eigenvalue weighted by Crippen LogP contribution is 2.22. The van der Waals surface area contributed by atoms with E-state index in [0.717, 1.165) is 36.6 Å². The molecule has 18 heavy (non-hydrogen) atoms. The van der Waals surface area contributed by atoms with Gasteiger partial charge in [-0.3, -0.25) is 4.79 Å². The summed E-state index contributed by atoms with van der Waals surface area (Å²) in [5.41, 5.74) is 6.66. The average Bonchev–Trinajstić information content (AvgIpc) is 2.39. The number of benzene rings is 1. The number of rotatable bonds is 2. The molecule has 1 aliphatic rings. The minimum Gasteiger partial charge on any atom is -0.339 e. The lowest BCUT2D eigenvalue weighted by Gasteiger charge is -2.33. The van der Waals surface area contributed by atoms with Crippen molar-refractivity contribution >= 4 is 20.5 Å². The molecule has 98 valence electrons. The van der Waals surface area contributed by atoms with E-state index in [1.165, 1.54) is 0 Å². The first kappa shape index (κ1) is 13.5. The molecule has 0 aliphatic heterocycles. The van der Waals surface area contributed by atoms with Gasteiger partial charge in [0.2, 0.25) is 0 Å². The molecule has 1 atom stereocenters. The van der Waals surface area contributed by atoms with E-state index in [4.69, 9.17) is 5.73 Å². The molecule has 3 nitrogen and oxygen atoms in total. The highest BCUT2D eigenvalue weighted by molar-refractivity contribution is 7.27. The number of hydrogen-bond donors (Lipinski definition) is 1. The van der Waals surface area contributed by atoms with Crippen LogP contribution in [0.25, 0.3) is 0 Å². The number of carbonyl (C=O) groups excluding carboxylic acids is 1. The molecule has 0 bridgehead atoms. The van der Waals surface area contributed by atoms with Crippen molar-refractivity contribution in [3.63, 3.8) is 0 Å². The first-order valence-electron chi connectivity index (χ1n) is 6.46. The van der Waals surface area contributed by atoms with Crippen molar-refractivity contribution in [2.75, 3.05) is 7.05 Å². The first-order valence-corrected chi connectivity index (χ1v) is 7.04. The molecule has 1 unspecified atom stereocenters. The van der Waals surface area contributed by atoms with Gasteiger partial charge in [0.05, 0.1) is 0 Å². The van der Waals surface area contributed by atoms with Gasteiger partial charge in [-0.05, 0) is 43.1 Å². The zero-order valence-electron chi connectivity index (χ0n) is 10.8. The Hall–Kier alpha value is -0.920. The number of hydrogen-bond acceptors (Lipinski definition) is 2. The van der Waals surface area contributed by atoms with Crippen molar-refractivity contribution in [3.05, 3.63) is 29.8 Å². The SMILES string of the molecule is CN(C(=O)c1ccc(P)cc1)C1CCC(N)CC1. The molecule has 1 fully saturated rings. The Labute approximate surface area is 111 Å². The topological polar surface area (TPSA) is 46.3 Å². The van der Waals surface area contributed by atoms with E-state index in [1.54, 1.807) is 0 Å². The van der Waals surface area contributed by atoms with Crippen LogP contribution in [0.15, 0.2) is 24.3 Å². The average molecular weight is 264 g/mol. The van der Waals surface area contributed by atoms with Gasteiger partial charge in [-0.25, -0.2) is 0 Å². The molecule has 2 N–H and O–H groups in total. The molecule has 0 radical (unpaired) electrons. The third-order valence-electron chi connectivity index (χ3n) is 3.77. The van der Waals surface area contributed by atoms with Crippen LogP contribution in [0.2, 0.25) is 0 Å². The predicted molar refractivity (Wildman–Crippen MR) is 78.1 cm³/mol. The van der Waals surface area contributed by atoms with Crippen LogP contribution in [0.1, 0.15) is 36.0 Å². The zero-order valence-corrected chi connectivity index (χ0v) is 12.0. The lowest BCUT2D eigenvalue weighted by Crippen LogP contribution is -2.41. The maximum Gasteiger partial charge on any atom is 0.253 e. The van der Waals surface area contributed by atoms with E-state index < -0.39 is 0 Å². The first-order chi connectivity index (χ1) is 8.58. The van der Waals surface area contributed by atoms with Gasteiger partial charge in [-0.1, -0.05) is 12.1 Å². The van der Waals surface area contributed by atoms with E-state index >= 15 is 0 Å². The van der Waals surface area contributed by atoms with Gasteiger partial charge in [-0.2, -0.15) is 0 Å². The summed E-state index contributed by atoms with van der Waals surface area (Å²) in [5.74, 6) is 0.112. The fourth-order valence-electron chi connectivity index (χ4n) is 2.48. The van der Waals surface area contributed by atoms with Crippen LogP contribution in [-0.2, 0) is 0 Å². The Morgan fingerprint density at radius 1 is 1.22 bits per heavy atom. The van der Waals surface area contributed by atoms with Gasteiger partial charge in [0.15, 0.2) is 0 Å². The Morgan fingerprint density at radius 3 is 2.33 bits per heavy atom. The van der Waals surface area contributed by atoms with Crippen molar-refractivity contribution in [1.82, 2.24) is 4.90 Å². The number of carbonyl (C=O) groups is 1. The molecule has 0 saturated heterocycles. The van der Waals surface area contributed by atoms with Crippen LogP contribution in [0.3, 0.4) is 0 Å². The summed E-state index contributed by atoms with van der Waals surface area (Å²) in [6, 6.07) is 8.32. The number of amides is 1. The van der Waals surface area contributed by atoms with Gasteiger partial charge < -0.3 is 10.6 Å². The molecule has 2 rings (SSSR count). The van der Waals surface area contributed by atoms with Gasteiger partial charge in [-0.15, -0.1) is 9.24 Å². The largest absolute Gasteiger partial charge is 0.339 e. The molecule has 0 spiro atoms. The highest BCUT2D eigenvalue weighted by Gasteiger charge is 2.25. The summed E-state index contributed by atoms with van der Waals surface area (Å²) in [5, 5.41) is 1.10. The summed E-state index contributed by atoms with van der Waals surface area (Å²) in [4.78, 5) is 14.2. The minimum atomic E-state index is 0.112. The van der Waals surface area contributed by atoms with Crippen molar-refractivity contribution in [2.45, 2.75) is 37.8 Å². The molecule has 0 heterocycles. The fourth-order valence-corrected chi connectivity index (χ4v) is 2.68. The predicted octanol–water partition coefficient (Wildman–Crippen LogP) is 1.53. The van der Waals surface area contributed by atoms with Crippen LogP contribution in [0, 0.1) is 0 Å². The highest BCUT2D eigenvalue weighted by atomic mass is 31.0. The fraction of sp³-hybridized carbons (Fsp3) is 0.500. The van der Waals surface area contributed by atoms with Crippen LogP contribution < -0.4 is 11.0 Å². The Morgan fingerprint density at radius 2 is 1.78 bits per heavy atom. The van der Waals surface area contributed by atoms with Gasteiger partial charge in [0.25, 0.3) is 5.91 Å². The smallest absolute Gasteiger partial charge is 0.253 e. The molecule has 4 heteroatoms. The van der Waals surface area contributed by atoms with Crippen molar-refractivity contribution in [2.24, 2.45) is 5.73 Å². The number of nitrogens with two attached hydrogens (primary N) is 1. The molecule has 0 aromatic heterocycles. The van der Waals surface area contributed by atoms with Gasteiger partial charge in [0.1, 0.15) is 0 Å². The molecular formula is C14H21N2OP. The van der Waals surface area contributed by atoms with Crippen LogP contribution >= 0.6 is 9.24 Å². The second-order valence-corrected chi connectivity index (χ2v) is 5.77. The third kappa shape index (κ3) is 3.09. The zero-order chi connectivity index (χ0) is 13.1. The monoisotopic (exact) mass is 264 g/mol.